The second-order valence-electron chi connectivity index (χ2n) is 7.14. The molecule has 2 aromatic heterocycles. The van der Waals surface area contributed by atoms with Crippen LogP contribution in [0.25, 0.3) is 11.3 Å². The highest BCUT2D eigenvalue weighted by atomic mass is 16.2. The summed E-state index contributed by atoms with van der Waals surface area (Å²) in [5.41, 5.74) is 5.64. The van der Waals surface area contributed by atoms with E-state index in [9.17, 15) is 4.79 Å². The average Bonchev–Trinajstić information content (AvgIpc) is 3.15. The molecule has 0 spiro atoms. The van der Waals surface area contributed by atoms with Crippen molar-refractivity contribution >= 4 is 5.91 Å². The Morgan fingerprint density at radius 1 is 1.19 bits per heavy atom. The number of aromatic amines is 1. The first-order chi connectivity index (χ1) is 13.1. The number of rotatable bonds is 4. The Kier molecular flexibility index (Phi) is 4.73. The van der Waals surface area contributed by atoms with Gasteiger partial charge in [-0.3, -0.25) is 9.78 Å². The summed E-state index contributed by atoms with van der Waals surface area (Å²) in [6, 6.07) is 12.0. The third kappa shape index (κ3) is 3.61. The van der Waals surface area contributed by atoms with Crippen molar-refractivity contribution in [1.29, 1.82) is 0 Å². The highest BCUT2D eigenvalue weighted by Gasteiger charge is 2.25. The van der Waals surface area contributed by atoms with Gasteiger partial charge in [0.1, 0.15) is 0 Å². The lowest BCUT2D eigenvalue weighted by molar-refractivity contribution is 0.0732. The second kappa shape index (κ2) is 7.32. The summed E-state index contributed by atoms with van der Waals surface area (Å²) in [5.74, 6) is 0.00992. The molecule has 0 unspecified atom stereocenters. The van der Waals surface area contributed by atoms with Crippen molar-refractivity contribution in [3.63, 3.8) is 0 Å². The third-order valence-corrected chi connectivity index (χ3v) is 4.83. The monoisotopic (exact) mass is 361 g/mol. The predicted octanol–water partition coefficient (Wildman–Crippen LogP) is 2.73. The van der Waals surface area contributed by atoms with Gasteiger partial charge in [-0.2, -0.15) is 0 Å². The Morgan fingerprint density at radius 3 is 2.78 bits per heavy atom. The molecule has 27 heavy (non-hydrogen) atoms. The zero-order chi connectivity index (χ0) is 18.8. The molecule has 0 radical (unpaired) electrons. The maximum Gasteiger partial charge on any atom is 0.256 e. The maximum atomic E-state index is 13.2. The van der Waals surface area contributed by atoms with E-state index in [0.29, 0.717) is 18.7 Å². The van der Waals surface area contributed by atoms with Crippen LogP contribution < -0.4 is 0 Å². The number of fused-ring (bicyclic) bond motifs is 1. The molecule has 0 atom stereocenters. The zero-order valence-electron chi connectivity index (χ0n) is 15.6. The minimum absolute atomic E-state index is 0.00992. The van der Waals surface area contributed by atoms with Crippen LogP contribution in [0.1, 0.15) is 27.3 Å². The molecule has 6 nitrogen and oxygen atoms in total. The highest BCUT2D eigenvalue weighted by Crippen LogP contribution is 2.25. The molecule has 0 aliphatic carbocycles. The van der Waals surface area contributed by atoms with Crippen molar-refractivity contribution in [2.75, 3.05) is 20.6 Å². The van der Waals surface area contributed by atoms with Crippen LogP contribution in [-0.2, 0) is 19.5 Å². The molecular formula is C21H23N5O. The van der Waals surface area contributed by atoms with E-state index in [2.05, 4.69) is 32.0 Å². The van der Waals surface area contributed by atoms with Crippen molar-refractivity contribution in [2.45, 2.75) is 19.5 Å². The van der Waals surface area contributed by atoms with Gasteiger partial charge in [0.05, 0.1) is 35.5 Å². The lowest BCUT2D eigenvalue weighted by Gasteiger charge is -2.27. The fraction of sp³-hybridized carbons (Fsp3) is 0.286. The largest absolute Gasteiger partial charge is 0.347 e. The number of amides is 1. The standard InChI is InChI=1S/C21H23N5O/c1-25(2)12-15-5-7-16(8-6-15)20-17(4-3-10-22-20)21(27)26-11-9-18-19(13-26)24-14-23-18/h3-8,10,14H,9,11-13H2,1-2H3,(H,23,24). The van der Waals surface area contributed by atoms with Crippen molar-refractivity contribution in [3.05, 3.63) is 71.4 Å². The van der Waals surface area contributed by atoms with Crippen LogP contribution >= 0.6 is 0 Å². The number of hydrogen-bond donors (Lipinski definition) is 1. The normalized spacial score (nSPS) is 13.7. The van der Waals surface area contributed by atoms with Crippen LogP contribution in [0.2, 0.25) is 0 Å². The van der Waals surface area contributed by atoms with Crippen LogP contribution in [0.3, 0.4) is 0 Å². The van der Waals surface area contributed by atoms with Crippen molar-refractivity contribution in [3.8, 4) is 11.3 Å². The van der Waals surface area contributed by atoms with Crippen molar-refractivity contribution < 1.29 is 4.79 Å². The molecule has 138 valence electrons. The number of carbonyl (C=O) groups excluding carboxylic acids is 1. The van der Waals surface area contributed by atoms with E-state index in [1.54, 1.807) is 12.5 Å². The van der Waals surface area contributed by atoms with Gasteiger partial charge in [0.15, 0.2) is 0 Å². The average molecular weight is 361 g/mol. The van der Waals surface area contributed by atoms with Crippen molar-refractivity contribution in [1.82, 2.24) is 24.8 Å². The topological polar surface area (TPSA) is 65.1 Å². The summed E-state index contributed by atoms with van der Waals surface area (Å²) in [6.07, 6.45) is 4.21. The SMILES string of the molecule is CN(C)Cc1ccc(-c2ncccc2C(=O)N2CCc3nc[nH]c3C2)cc1. The zero-order valence-corrected chi connectivity index (χ0v) is 15.6. The first kappa shape index (κ1) is 17.4. The molecule has 0 bridgehead atoms. The second-order valence-corrected chi connectivity index (χ2v) is 7.14. The van der Waals surface area contributed by atoms with E-state index in [1.165, 1.54) is 5.56 Å². The Morgan fingerprint density at radius 2 is 2.00 bits per heavy atom. The Balaban J connectivity index is 1.60. The van der Waals surface area contributed by atoms with E-state index in [0.717, 1.165) is 35.6 Å². The van der Waals surface area contributed by atoms with Crippen LogP contribution in [0.15, 0.2) is 48.9 Å². The van der Waals surface area contributed by atoms with E-state index < -0.39 is 0 Å². The number of aromatic nitrogens is 3. The van der Waals surface area contributed by atoms with Gasteiger partial charge in [-0.05, 0) is 31.8 Å². The van der Waals surface area contributed by atoms with Gasteiger partial charge in [0.25, 0.3) is 5.91 Å². The molecule has 0 saturated heterocycles. The predicted molar refractivity (Wildman–Crippen MR) is 104 cm³/mol. The summed E-state index contributed by atoms with van der Waals surface area (Å²) in [6.45, 7) is 2.12. The molecule has 1 aliphatic heterocycles. The van der Waals surface area contributed by atoms with Crippen LogP contribution in [0, 0.1) is 0 Å². The smallest absolute Gasteiger partial charge is 0.256 e. The van der Waals surface area contributed by atoms with Gasteiger partial charge >= 0.3 is 0 Å². The minimum atomic E-state index is 0.00992. The summed E-state index contributed by atoms with van der Waals surface area (Å²) in [7, 11) is 4.10. The van der Waals surface area contributed by atoms with Gasteiger partial charge in [-0.15, -0.1) is 0 Å². The fourth-order valence-electron chi connectivity index (χ4n) is 3.50. The number of hydrogen-bond acceptors (Lipinski definition) is 4. The maximum absolute atomic E-state index is 13.2. The molecule has 6 heteroatoms. The number of benzene rings is 1. The van der Waals surface area contributed by atoms with E-state index in [-0.39, 0.29) is 5.91 Å². The Hall–Kier alpha value is -2.99. The van der Waals surface area contributed by atoms with Crippen LogP contribution in [0.4, 0.5) is 0 Å². The van der Waals surface area contributed by atoms with Crippen molar-refractivity contribution in [2.24, 2.45) is 0 Å². The van der Waals surface area contributed by atoms with Gasteiger partial charge in [0.2, 0.25) is 0 Å². The molecular weight excluding hydrogens is 338 g/mol. The number of nitrogens with one attached hydrogen (secondary N) is 1. The third-order valence-electron chi connectivity index (χ3n) is 4.83. The number of imidazole rings is 1. The Labute approximate surface area is 158 Å². The number of pyridine rings is 1. The Bertz CT molecular complexity index is 945. The number of H-pyrrole nitrogens is 1. The van der Waals surface area contributed by atoms with Gasteiger partial charge in [-0.1, -0.05) is 24.3 Å². The molecule has 1 aliphatic rings. The van der Waals surface area contributed by atoms with E-state index >= 15 is 0 Å². The molecule has 3 heterocycles. The molecule has 1 aromatic carbocycles. The molecule has 0 saturated carbocycles. The molecule has 0 fully saturated rings. The first-order valence-electron chi connectivity index (χ1n) is 9.11. The lowest BCUT2D eigenvalue weighted by atomic mass is 10.0. The number of nitrogens with zero attached hydrogens (tertiary/aromatic N) is 4. The molecule has 1 N–H and O–H groups in total. The van der Waals surface area contributed by atoms with Gasteiger partial charge < -0.3 is 14.8 Å². The summed E-state index contributed by atoms with van der Waals surface area (Å²) < 4.78 is 0. The first-order valence-corrected chi connectivity index (χ1v) is 9.11. The van der Waals surface area contributed by atoms with Crippen LogP contribution in [0.5, 0.6) is 0 Å². The quantitative estimate of drug-likeness (QED) is 0.776. The molecule has 4 rings (SSSR count). The summed E-state index contributed by atoms with van der Waals surface area (Å²) in [5, 5.41) is 0. The highest BCUT2D eigenvalue weighted by molar-refractivity contribution is 6.00. The van der Waals surface area contributed by atoms with Gasteiger partial charge in [0, 0.05) is 31.3 Å². The van der Waals surface area contributed by atoms with Crippen LogP contribution in [-0.4, -0.2) is 51.3 Å². The number of carbonyl (C=O) groups is 1. The minimum Gasteiger partial charge on any atom is -0.347 e. The molecule has 1 amide bonds. The molecule has 3 aromatic rings. The lowest BCUT2D eigenvalue weighted by Crippen LogP contribution is -2.36. The fourth-order valence-corrected chi connectivity index (χ4v) is 3.50. The van der Waals surface area contributed by atoms with E-state index in [1.807, 2.05) is 43.3 Å². The van der Waals surface area contributed by atoms with Gasteiger partial charge in [-0.25, -0.2) is 4.98 Å². The van der Waals surface area contributed by atoms with E-state index in [4.69, 9.17) is 0 Å². The summed E-state index contributed by atoms with van der Waals surface area (Å²) in [4.78, 5) is 29.1. The summed E-state index contributed by atoms with van der Waals surface area (Å²) >= 11 is 0.